The molecule has 2 N–H and O–H groups in total. The van der Waals surface area contributed by atoms with E-state index in [4.69, 9.17) is 11.6 Å². The summed E-state index contributed by atoms with van der Waals surface area (Å²) in [4.78, 5) is 16.2. The van der Waals surface area contributed by atoms with Gasteiger partial charge in [0.25, 0.3) is 5.91 Å². The Morgan fingerprint density at radius 1 is 1.50 bits per heavy atom. The summed E-state index contributed by atoms with van der Waals surface area (Å²) in [5.41, 5.74) is 1.52. The molecule has 0 aliphatic carbocycles. The first kappa shape index (κ1) is 15.0. The van der Waals surface area contributed by atoms with E-state index in [0.717, 1.165) is 22.9 Å². The molecule has 0 spiro atoms. The van der Waals surface area contributed by atoms with Gasteiger partial charge in [-0.1, -0.05) is 18.5 Å². The van der Waals surface area contributed by atoms with Gasteiger partial charge in [0, 0.05) is 15.9 Å². The van der Waals surface area contributed by atoms with Crippen molar-refractivity contribution >= 4 is 39.1 Å². The zero-order valence-corrected chi connectivity index (χ0v) is 13.5. The molecule has 1 amide bonds. The topological polar surface area (TPSA) is 70.7 Å². The summed E-state index contributed by atoms with van der Waals surface area (Å²) in [6.07, 6.45) is 1.70. The number of anilines is 1. The van der Waals surface area contributed by atoms with E-state index in [1.807, 2.05) is 19.9 Å². The Labute approximate surface area is 130 Å². The van der Waals surface area contributed by atoms with Crippen molar-refractivity contribution in [2.75, 3.05) is 5.32 Å². The second-order valence-electron chi connectivity index (χ2n) is 4.39. The Morgan fingerprint density at radius 2 is 2.25 bits per heavy atom. The Morgan fingerprint density at radius 3 is 2.95 bits per heavy atom. The van der Waals surface area contributed by atoms with Crippen LogP contribution in [0.25, 0.3) is 0 Å². The Balaban J connectivity index is 2.16. The Hall–Kier alpha value is -1.40. The monoisotopic (exact) mass is 356 g/mol. The van der Waals surface area contributed by atoms with E-state index < -0.39 is 0 Å². The summed E-state index contributed by atoms with van der Waals surface area (Å²) in [5, 5.41) is 9.98. The fourth-order valence-corrected chi connectivity index (χ4v) is 2.39. The average molecular weight is 358 g/mol. The summed E-state index contributed by atoms with van der Waals surface area (Å²) in [6.45, 7) is 3.93. The van der Waals surface area contributed by atoms with E-state index in [-0.39, 0.29) is 11.7 Å². The Bertz CT molecular complexity index is 641. The summed E-state index contributed by atoms with van der Waals surface area (Å²) in [5.74, 6) is 0.458. The molecule has 1 aromatic heterocycles. The predicted molar refractivity (Wildman–Crippen MR) is 82.2 cm³/mol. The molecule has 0 unspecified atom stereocenters. The van der Waals surface area contributed by atoms with E-state index in [1.165, 1.54) is 0 Å². The highest BCUT2D eigenvalue weighted by molar-refractivity contribution is 9.10. The number of H-pyrrole nitrogens is 1. The zero-order valence-electron chi connectivity index (χ0n) is 11.1. The minimum Gasteiger partial charge on any atom is -0.318 e. The summed E-state index contributed by atoms with van der Waals surface area (Å²) in [6, 6.07) is 3.54. The van der Waals surface area contributed by atoms with Crippen LogP contribution in [0.2, 0.25) is 5.02 Å². The molecule has 1 aromatic carbocycles. The molecule has 0 bridgehead atoms. The largest absolute Gasteiger partial charge is 0.318 e. The van der Waals surface area contributed by atoms with Crippen LogP contribution in [0, 0.1) is 6.92 Å². The molecule has 0 aliphatic heterocycles. The molecule has 7 heteroatoms. The molecule has 0 saturated heterocycles. The van der Waals surface area contributed by atoms with Crippen LogP contribution in [0.3, 0.4) is 0 Å². The van der Waals surface area contributed by atoms with Gasteiger partial charge in [0.15, 0.2) is 0 Å². The number of benzene rings is 1. The van der Waals surface area contributed by atoms with Crippen molar-refractivity contribution in [2.24, 2.45) is 0 Å². The normalized spacial score (nSPS) is 10.6. The van der Waals surface area contributed by atoms with E-state index in [9.17, 15) is 4.79 Å². The van der Waals surface area contributed by atoms with Crippen molar-refractivity contribution in [3.8, 4) is 0 Å². The van der Waals surface area contributed by atoms with Gasteiger partial charge < -0.3 is 5.32 Å². The molecule has 20 heavy (non-hydrogen) atoms. The van der Waals surface area contributed by atoms with Gasteiger partial charge in [-0.2, -0.15) is 0 Å². The number of hydrogen-bond acceptors (Lipinski definition) is 3. The van der Waals surface area contributed by atoms with E-state index in [2.05, 4.69) is 36.4 Å². The number of hydrogen-bond donors (Lipinski definition) is 2. The maximum atomic E-state index is 12.1. The van der Waals surface area contributed by atoms with E-state index in [0.29, 0.717) is 16.5 Å². The summed E-state index contributed by atoms with van der Waals surface area (Å²) >= 11 is 9.44. The lowest BCUT2D eigenvalue weighted by molar-refractivity contribution is 0.101. The van der Waals surface area contributed by atoms with E-state index >= 15 is 0 Å². The third-order valence-electron chi connectivity index (χ3n) is 2.72. The van der Waals surface area contributed by atoms with Gasteiger partial charge in [-0.25, -0.2) is 4.98 Å². The van der Waals surface area contributed by atoms with E-state index in [1.54, 1.807) is 6.07 Å². The van der Waals surface area contributed by atoms with Crippen molar-refractivity contribution in [1.29, 1.82) is 0 Å². The van der Waals surface area contributed by atoms with Gasteiger partial charge in [0.1, 0.15) is 5.82 Å². The second kappa shape index (κ2) is 6.37. The number of nitrogens with one attached hydrogen (secondary N) is 2. The van der Waals surface area contributed by atoms with Crippen LogP contribution < -0.4 is 5.32 Å². The molecular formula is C13H14BrClN4O. The molecule has 0 saturated carbocycles. The fraction of sp³-hybridized carbons (Fsp3) is 0.308. The number of aryl methyl sites for hydroxylation is 2. The first-order valence-electron chi connectivity index (χ1n) is 6.19. The van der Waals surface area contributed by atoms with Gasteiger partial charge in [-0.05, 0) is 47.0 Å². The Kier molecular flexibility index (Phi) is 4.77. The molecular weight excluding hydrogens is 344 g/mol. The molecule has 0 radical (unpaired) electrons. The number of aromatic amines is 1. The number of rotatable bonds is 4. The van der Waals surface area contributed by atoms with Crippen LogP contribution >= 0.6 is 27.5 Å². The number of carbonyl (C=O) groups is 1. The molecule has 1 heterocycles. The van der Waals surface area contributed by atoms with Crippen molar-refractivity contribution in [3.63, 3.8) is 0 Å². The van der Waals surface area contributed by atoms with Crippen LogP contribution in [0.5, 0.6) is 0 Å². The first-order valence-corrected chi connectivity index (χ1v) is 7.36. The van der Waals surface area contributed by atoms with Crippen LogP contribution in [-0.4, -0.2) is 21.1 Å². The second-order valence-corrected chi connectivity index (χ2v) is 5.65. The zero-order chi connectivity index (χ0) is 14.7. The molecule has 2 rings (SSSR count). The van der Waals surface area contributed by atoms with Crippen molar-refractivity contribution in [1.82, 2.24) is 15.2 Å². The van der Waals surface area contributed by atoms with Crippen LogP contribution in [-0.2, 0) is 6.42 Å². The highest BCUT2D eigenvalue weighted by Gasteiger charge is 2.14. The third kappa shape index (κ3) is 3.37. The molecule has 5 nitrogen and oxygen atoms in total. The molecule has 0 fully saturated rings. The maximum Gasteiger partial charge on any atom is 0.295 e. The number of carbonyl (C=O) groups excluding carboxylic acids is 1. The van der Waals surface area contributed by atoms with Gasteiger partial charge >= 0.3 is 0 Å². The van der Waals surface area contributed by atoms with Crippen LogP contribution in [0.1, 0.15) is 35.4 Å². The number of aromatic nitrogens is 3. The highest BCUT2D eigenvalue weighted by atomic mass is 79.9. The van der Waals surface area contributed by atoms with Gasteiger partial charge in [0.05, 0.1) is 5.69 Å². The third-order valence-corrected chi connectivity index (χ3v) is 3.78. The summed E-state index contributed by atoms with van der Waals surface area (Å²) < 4.78 is 0.761. The van der Waals surface area contributed by atoms with Crippen LogP contribution in [0.4, 0.5) is 5.69 Å². The first-order chi connectivity index (χ1) is 9.51. The van der Waals surface area contributed by atoms with Crippen molar-refractivity contribution in [3.05, 3.63) is 38.8 Å². The van der Waals surface area contributed by atoms with Gasteiger partial charge in [-0.3, -0.25) is 9.89 Å². The number of halogens is 2. The summed E-state index contributed by atoms with van der Waals surface area (Å²) in [7, 11) is 0. The fourth-order valence-electron chi connectivity index (χ4n) is 1.67. The predicted octanol–water partition coefficient (Wildman–Crippen LogP) is 3.73. The molecule has 0 aliphatic rings. The number of amides is 1. The lowest BCUT2D eigenvalue weighted by atomic mass is 10.2. The van der Waals surface area contributed by atoms with Gasteiger partial charge in [-0.15, -0.1) is 5.10 Å². The standard InChI is InChI=1S/C13H14BrClN4O/c1-3-4-11-17-12(19-18-11)13(20)16-10-6-9(15)7(2)5-8(10)14/h5-6H,3-4H2,1-2H3,(H,16,20)(H,17,18,19). The SMILES string of the molecule is CCCc1nc(C(=O)Nc2cc(Cl)c(C)cc2Br)n[nH]1. The number of nitrogens with zero attached hydrogens (tertiary/aromatic N) is 2. The lowest BCUT2D eigenvalue weighted by Crippen LogP contribution is -2.14. The maximum absolute atomic E-state index is 12.1. The lowest BCUT2D eigenvalue weighted by Gasteiger charge is -2.07. The van der Waals surface area contributed by atoms with Gasteiger partial charge in [0.2, 0.25) is 5.82 Å². The average Bonchev–Trinajstić information content (AvgIpc) is 2.85. The smallest absolute Gasteiger partial charge is 0.295 e. The van der Waals surface area contributed by atoms with Crippen molar-refractivity contribution in [2.45, 2.75) is 26.7 Å². The van der Waals surface area contributed by atoms with Crippen LogP contribution in [0.15, 0.2) is 16.6 Å². The van der Waals surface area contributed by atoms with Crippen molar-refractivity contribution < 1.29 is 4.79 Å². The highest BCUT2D eigenvalue weighted by Crippen LogP contribution is 2.29. The quantitative estimate of drug-likeness (QED) is 0.876. The molecule has 0 atom stereocenters. The molecule has 106 valence electrons. The molecule has 2 aromatic rings. The minimum absolute atomic E-state index is 0.122. The minimum atomic E-state index is -0.371.